The Bertz CT molecular complexity index is 958. The van der Waals surface area contributed by atoms with Crippen molar-refractivity contribution >= 4 is 38.9 Å². The molecule has 0 radical (unpaired) electrons. The number of halogens is 1. The number of thiazole rings is 1. The first kappa shape index (κ1) is 21.7. The van der Waals surface area contributed by atoms with Gasteiger partial charge in [-0.15, -0.1) is 0 Å². The molecule has 5 nitrogen and oxygen atoms in total. The lowest BCUT2D eigenvalue weighted by molar-refractivity contribution is -0.120. The van der Waals surface area contributed by atoms with Crippen LogP contribution in [0.3, 0.4) is 0 Å². The molecule has 29 heavy (non-hydrogen) atoms. The summed E-state index contributed by atoms with van der Waals surface area (Å²) in [6, 6.07) is 13.2. The molecule has 0 aliphatic carbocycles. The lowest BCUT2D eigenvalue weighted by atomic mass is 9.94. The van der Waals surface area contributed by atoms with E-state index in [1.807, 2.05) is 61.3 Å². The fourth-order valence-corrected chi connectivity index (χ4v) is 4.17. The SMILES string of the molecule is CC(C(=O)CCCN(C)CCO)c1ccc(Oc2nc3ccc(Cl)cc3s2)cc1. The number of hydrogen-bond donors (Lipinski definition) is 1. The van der Waals surface area contributed by atoms with Gasteiger partial charge in [0.05, 0.1) is 16.8 Å². The number of nitrogens with zero attached hydrogens (tertiary/aromatic N) is 2. The number of Topliss-reactive ketones (excluding diaryl/α,β-unsaturated/α-hetero) is 1. The fourth-order valence-electron chi connectivity index (χ4n) is 3.05. The second-order valence-corrected chi connectivity index (χ2v) is 8.51. The number of carbonyl (C=O) groups is 1. The van der Waals surface area contributed by atoms with E-state index in [4.69, 9.17) is 21.4 Å². The zero-order valence-corrected chi connectivity index (χ0v) is 18.2. The summed E-state index contributed by atoms with van der Waals surface area (Å²) in [4.78, 5) is 19.0. The van der Waals surface area contributed by atoms with Crippen LogP contribution in [0.4, 0.5) is 0 Å². The zero-order valence-electron chi connectivity index (χ0n) is 16.6. The number of aliphatic hydroxyl groups is 1. The van der Waals surface area contributed by atoms with Gasteiger partial charge in [-0.25, -0.2) is 4.98 Å². The Morgan fingerprint density at radius 3 is 2.72 bits per heavy atom. The number of hydrogen-bond acceptors (Lipinski definition) is 6. The van der Waals surface area contributed by atoms with Gasteiger partial charge < -0.3 is 14.7 Å². The number of carbonyl (C=O) groups excluding carboxylic acids is 1. The predicted molar refractivity (Wildman–Crippen MR) is 118 cm³/mol. The molecule has 3 rings (SSSR count). The highest BCUT2D eigenvalue weighted by atomic mass is 35.5. The Morgan fingerprint density at radius 1 is 1.24 bits per heavy atom. The van der Waals surface area contributed by atoms with Gasteiger partial charge in [0, 0.05) is 23.9 Å². The summed E-state index contributed by atoms with van der Waals surface area (Å²) in [5.74, 6) is 0.750. The van der Waals surface area contributed by atoms with Crippen LogP contribution in [-0.2, 0) is 4.79 Å². The highest BCUT2D eigenvalue weighted by molar-refractivity contribution is 7.20. The number of aliphatic hydroxyl groups excluding tert-OH is 1. The van der Waals surface area contributed by atoms with E-state index in [1.165, 1.54) is 11.3 Å². The molecule has 154 valence electrons. The van der Waals surface area contributed by atoms with Crippen LogP contribution in [0.1, 0.15) is 31.2 Å². The van der Waals surface area contributed by atoms with Crippen LogP contribution < -0.4 is 4.74 Å². The molecule has 1 heterocycles. The lowest BCUT2D eigenvalue weighted by Crippen LogP contribution is -2.24. The van der Waals surface area contributed by atoms with Crippen LogP contribution in [0.5, 0.6) is 10.9 Å². The molecule has 7 heteroatoms. The van der Waals surface area contributed by atoms with Crippen molar-refractivity contribution in [3.05, 3.63) is 53.1 Å². The molecule has 1 aromatic heterocycles. The van der Waals surface area contributed by atoms with Crippen LogP contribution >= 0.6 is 22.9 Å². The third kappa shape index (κ3) is 6.00. The third-order valence-corrected chi connectivity index (χ3v) is 5.98. The van der Waals surface area contributed by atoms with Crippen molar-refractivity contribution in [1.29, 1.82) is 0 Å². The fraction of sp³-hybridized carbons (Fsp3) is 0.364. The first-order valence-corrected chi connectivity index (χ1v) is 10.8. The van der Waals surface area contributed by atoms with Crippen molar-refractivity contribution in [2.24, 2.45) is 0 Å². The first-order valence-electron chi connectivity index (χ1n) is 9.62. The summed E-state index contributed by atoms with van der Waals surface area (Å²) in [6.45, 7) is 3.51. The van der Waals surface area contributed by atoms with Crippen LogP contribution in [-0.4, -0.2) is 47.5 Å². The number of ketones is 1. The van der Waals surface area contributed by atoms with E-state index in [0.29, 0.717) is 28.9 Å². The highest BCUT2D eigenvalue weighted by Crippen LogP contribution is 2.33. The summed E-state index contributed by atoms with van der Waals surface area (Å²) in [7, 11) is 1.95. The maximum Gasteiger partial charge on any atom is 0.279 e. The molecule has 1 N–H and O–H groups in total. The van der Waals surface area contributed by atoms with E-state index in [0.717, 1.165) is 28.7 Å². The molecule has 0 amide bonds. The topological polar surface area (TPSA) is 62.7 Å². The number of fused-ring (bicyclic) bond motifs is 1. The Hall–Kier alpha value is -1.99. The Labute approximate surface area is 179 Å². The molecule has 1 atom stereocenters. The monoisotopic (exact) mass is 432 g/mol. The van der Waals surface area contributed by atoms with Crippen LogP contribution in [0.15, 0.2) is 42.5 Å². The second-order valence-electron chi connectivity index (χ2n) is 7.08. The minimum absolute atomic E-state index is 0.139. The normalized spacial score (nSPS) is 12.4. The number of aromatic nitrogens is 1. The highest BCUT2D eigenvalue weighted by Gasteiger charge is 2.15. The minimum atomic E-state index is -0.156. The van der Waals surface area contributed by atoms with Gasteiger partial charge in [0.1, 0.15) is 11.5 Å². The van der Waals surface area contributed by atoms with Gasteiger partial charge in [-0.05, 0) is 55.9 Å². The summed E-state index contributed by atoms with van der Waals surface area (Å²) < 4.78 is 6.85. The lowest BCUT2D eigenvalue weighted by Gasteiger charge is -2.16. The van der Waals surface area contributed by atoms with Gasteiger partial charge in [-0.1, -0.05) is 42.0 Å². The van der Waals surface area contributed by atoms with Crippen molar-refractivity contribution < 1.29 is 14.6 Å². The van der Waals surface area contributed by atoms with Crippen molar-refractivity contribution in [3.8, 4) is 10.9 Å². The zero-order chi connectivity index (χ0) is 20.8. The van der Waals surface area contributed by atoms with Gasteiger partial charge in [0.15, 0.2) is 0 Å². The standard InChI is InChI=1S/C22H25ClN2O3S/c1-15(20(27)4-3-11-25(2)12-13-26)16-5-8-18(9-6-16)28-22-24-19-10-7-17(23)14-21(19)29-22/h5-10,14-15,26H,3-4,11-13H2,1-2H3. The number of rotatable bonds is 10. The number of ether oxygens (including phenoxy) is 1. The maximum absolute atomic E-state index is 12.5. The van der Waals surface area contributed by atoms with Crippen molar-refractivity contribution in [3.63, 3.8) is 0 Å². The predicted octanol–water partition coefficient (Wildman–Crippen LogP) is 5.12. The largest absolute Gasteiger partial charge is 0.431 e. The molecule has 0 spiro atoms. The minimum Gasteiger partial charge on any atom is -0.431 e. The first-order chi connectivity index (χ1) is 14.0. The van der Waals surface area contributed by atoms with Gasteiger partial charge in [-0.3, -0.25) is 4.79 Å². The van der Waals surface area contributed by atoms with Crippen LogP contribution in [0.25, 0.3) is 10.2 Å². The van der Waals surface area contributed by atoms with E-state index in [-0.39, 0.29) is 18.3 Å². The van der Waals surface area contributed by atoms with Gasteiger partial charge in [-0.2, -0.15) is 0 Å². The molecule has 0 aliphatic heterocycles. The molecule has 0 saturated carbocycles. The smallest absolute Gasteiger partial charge is 0.279 e. The summed E-state index contributed by atoms with van der Waals surface area (Å²) in [6.07, 6.45) is 1.33. The quantitative estimate of drug-likeness (QED) is 0.481. The second kappa shape index (κ2) is 10.2. The Kier molecular flexibility index (Phi) is 7.61. The van der Waals surface area contributed by atoms with E-state index in [1.54, 1.807) is 0 Å². The molecule has 0 fully saturated rings. The summed E-state index contributed by atoms with van der Waals surface area (Å²) in [5, 5.41) is 10.2. The molecule has 0 bridgehead atoms. The van der Waals surface area contributed by atoms with E-state index >= 15 is 0 Å². The number of likely N-dealkylation sites (N-methyl/N-ethyl adjacent to an activating group) is 1. The molecule has 1 unspecified atom stereocenters. The van der Waals surface area contributed by atoms with Crippen molar-refractivity contribution in [2.75, 3.05) is 26.7 Å². The summed E-state index contributed by atoms with van der Waals surface area (Å²) >= 11 is 7.46. The third-order valence-electron chi connectivity index (χ3n) is 4.84. The number of benzene rings is 2. The molecule has 2 aromatic carbocycles. The molecule has 3 aromatic rings. The van der Waals surface area contributed by atoms with Crippen LogP contribution in [0.2, 0.25) is 5.02 Å². The Morgan fingerprint density at radius 2 is 2.00 bits per heavy atom. The maximum atomic E-state index is 12.5. The van der Waals surface area contributed by atoms with E-state index < -0.39 is 0 Å². The van der Waals surface area contributed by atoms with Gasteiger partial charge >= 0.3 is 0 Å². The molecule has 0 aliphatic rings. The Balaban J connectivity index is 1.56. The average molecular weight is 433 g/mol. The van der Waals surface area contributed by atoms with Gasteiger partial charge in [0.2, 0.25) is 0 Å². The summed E-state index contributed by atoms with van der Waals surface area (Å²) in [5.41, 5.74) is 1.83. The van der Waals surface area contributed by atoms with E-state index in [9.17, 15) is 4.79 Å². The van der Waals surface area contributed by atoms with E-state index in [2.05, 4.69) is 4.98 Å². The van der Waals surface area contributed by atoms with Crippen molar-refractivity contribution in [1.82, 2.24) is 9.88 Å². The molecule has 0 saturated heterocycles. The molecular formula is C22H25ClN2O3S. The van der Waals surface area contributed by atoms with Gasteiger partial charge in [0.25, 0.3) is 5.19 Å². The van der Waals surface area contributed by atoms with Crippen LogP contribution in [0, 0.1) is 0 Å². The van der Waals surface area contributed by atoms with Crippen molar-refractivity contribution in [2.45, 2.75) is 25.7 Å². The average Bonchev–Trinajstić information content (AvgIpc) is 3.09. The molecular weight excluding hydrogens is 408 g/mol.